The second kappa shape index (κ2) is 9.29. The average molecular weight is 541 g/mol. The highest BCUT2D eigenvalue weighted by Crippen LogP contribution is 2.56. The minimum Gasteiger partial charge on any atom is -0.510 e. The molecule has 4 aliphatic rings. The zero-order chi connectivity index (χ0) is 28.5. The highest BCUT2D eigenvalue weighted by Gasteiger charge is 2.67. The number of aliphatic hydroxyl groups excluding tert-OH is 3. The Morgan fingerprint density at radius 3 is 2.33 bits per heavy atom. The molecule has 5 rings (SSSR count). The van der Waals surface area contributed by atoms with Crippen LogP contribution in [0.1, 0.15) is 53.9 Å². The second-order valence-electron chi connectivity index (χ2n) is 11.3. The topological polar surface area (TPSA) is 199 Å². The minimum atomic E-state index is -2.99. The van der Waals surface area contributed by atoms with Crippen molar-refractivity contribution in [3.63, 3.8) is 0 Å². The van der Waals surface area contributed by atoms with Gasteiger partial charge in [0.05, 0.1) is 23.6 Å². The van der Waals surface area contributed by atoms with E-state index in [9.17, 15) is 44.7 Å². The van der Waals surface area contributed by atoms with E-state index < -0.39 is 81.4 Å². The number of carbonyl (C=O) groups is 4. The van der Waals surface area contributed by atoms with Crippen LogP contribution in [0.4, 0.5) is 0 Å². The van der Waals surface area contributed by atoms with E-state index >= 15 is 0 Å². The Morgan fingerprint density at radius 2 is 1.74 bits per heavy atom. The average Bonchev–Trinajstić information content (AvgIpc) is 3.40. The lowest BCUT2D eigenvalue weighted by atomic mass is 9.54. The number of primary amides is 1. The maximum absolute atomic E-state index is 13.8. The van der Waals surface area contributed by atoms with Crippen LogP contribution >= 0.6 is 0 Å². The van der Waals surface area contributed by atoms with Crippen LogP contribution in [0.15, 0.2) is 40.9 Å². The lowest BCUT2D eigenvalue weighted by Crippen LogP contribution is -2.68. The van der Waals surface area contributed by atoms with Gasteiger partial charge in [0.2, 0.25) is 5.78 Å². The second-order valence-corrected chi connectivity index (χ2v) is 11.3. The summed E-state index contributed by atoms with van der Waals surface area (Å²) in [5.74, 6) is -10.1. The standard InChI is InChI=1S/C28H32N2O9/c1-30(2)21-20-23(34)17-13(10-15(32)11-6-3-4-7-11)12-8-5-9-14(31)16(12)22(33)18(17)25(36)28(20,39)26(37)19(24(21)35)27(29)38/h5,8-9,11,13,17,20-21,23,31,34-36,39H,3-4,6-7,10H2,1-2H3,(H2,29,38). The Kier molecular flexibility index (Phi) is 6.44. The molecule has 1 amide bonds. The largest absolute Gasteiger partial charge is 0.510 e. The van der Waals surface area contributed by atoms with Crippen molar-refractivity contribution in [3.05, 3.63) is 52.0 Å². The van der Waals surface area contributed by atoms with E-state index in [0.717, 1.165) is 12.8 Å². The summed E-state index contributed by atoms with van der Waals surface area (Å²) in [5.41, 5.74) is 0.986. The number of rotatable bonds is 5. The fourth-order valence-corrected chi connectivity index (χ4v) is 7.27. The number of nitrogens with two attached hydrogens (primary N) is 1. The molecule has 0 heterocycles. The molecule has 0 bridgehead atoms. The molecule has 39 heavy (non-hydrogen) atoms. The van der Waals surface area contributed by atoms with Gasteiger partial charge in [-0.25, -0.2) is 0 Å². The molecule has 0 spiro atoms. The van der Waals surface area contributed by atoms with Gasteiger partial charge in [-0.2, -0.15) is 0 Å². The van der Waals surface area contributed by atoms with Gasteiger partial charge in [0.15, 0.2) is 11.4 Å². The first-order chi connectivity index (χ1) is 18.3. The van der Waals surface area contributed by atoms with Gasteiger partial charge in [0.25, 0.3) is 5.91 Å². The smallest absolute Gasteiger partial charge is 0.255 e. The number of phenols is 1. The first-order valence-electron chi connectivity index (χ1n) is 13.0. The lowest BCUT2D eigenvalue weighted by Gasteiger charge is -2.53. The van der Waals surface area contributed by atoms with Crippen LogP contribution < -0.4 is 5.73 Å². The number of aliphatic hydroxyl groups is 4. The van der Waals surface area contributed by atoms with Gasteiger partial charge in [0, 0.05) is 29.7 Å². The van der Waals surface area contributed by atoms with E-state index in [1.54, 1.807) is 6.07 Å². The molecule has 0 aliphatic heterocycles. The van der Waals surface area contributed by atoms with E-state index in [0.29, 0.717) is 18.4 Å². The van der Waals surface area contributed by atoms with Gasteiger partial charge < -0.3 is 31.3 Å². The molecule has 208 valence electrons. The summed E-state index contributed by atoms with van der Waals surface area (Å²) in [4.78, 5) is 54.1. The molecule has 7 N–H and O–H groups in total. The van der Waals surface area contributed by atoms with Gasteiger partial charge in [-0.3, -0.25) is 24.1 Å². The number of Topliss-reactive ketones (excluding diaryl/α,β-unsaturated/α-hetero) is 3. The number of ketones is 3. The number of phenolic OH excluding ortho intramolecular Hbond substituents is 1. The Bertz CT molecular complexity index is 1360. The van der Waals surface area contributed by atoms with Crippen molar-refractivity contribution in [1.82, 2.24) is 4.90 Å². The number of nitrogens with zero attached hydrogens (tertiary/aromatic N) is 1. The molecule has 0 saturated heterocycles. The van der Waals surface area contributed by atoms with E-state index in [1.165, 1.54) is 31.1 Å². The van der Waals surface area contributed by atoms with Crippen molar-refractivity contribution >= 4 is 23.3 Å². The van der Waals surface area contributed by atoms with Crippen molar-refractivity contribution < 1.29 is 44.7 Å². The molecule has 11 nitrogen and oxygen atoms in total. The Hall–Kier alpha value is -3.54. The van der Waals surface area contributed by atoms with Crippen molar-refractivity contribution in [2.24, 2.45) is 23.5 Å². The lowest BCUT2D eigenvalue weighted by molar-refractivity contribution is -0.162. The summed E-state index contributed by atoms with van der Waals surface area (Å²) in [6, 6.07) is 2.98. The minimum absolute atomic E-state index is 0.0874. The van der Waals surface area contributed by atoms with Crippen molar-refractivity contribution in [2.75, 3.05) is 14.1 Å². The number of benzene rings is 1. The number of hydrogen-bond donors (Lipinski definition) is 6. The Morgan fingerprint density at radius 1 is 1.10 bits per heavy atom. The number of aromatic hydroxyl groups is 1. The maximum atomic E-state index is 13.8. The van der Waals surface area contributed by atoms with E-state index in [2.05, 4.69) is 0 Å². The fourth-order valence-electron chi connectivity index (χ4n) is 7.27. The molecule has 1 aromatic carbocycles. The predicted molar refractivity (Wildman–Crippen MR) is 136 cm³/mol. The molecule has 4 aliphatic carbocycles. The third-order valence-corrected chi connectivity index (χ3v) is 9.03. The number of hydrogen-bond acceptors (Lipinski definition) is 10. The van der Waals surface area contributed by atoms with Crippen LogP contribution in [0.2, 0.25) is 0 Å². The van der Waals surface area contributed by atoms with Gasteiger partial charge in [0.1, 0.15) is 28.6 Å². The van der Waals surface area contributed by atoms with Crippen LogP contribution in [0, 0.1) is 17.8 Å². The molecule has 1 aromatic rings. The first-order valence-corrected chi connectivity index (χ1v) is 13.0. The van der Waals surface area contributed by atoms with Crippen LogP contribution in [-0.4, -0.2) is 85.5 Å². The van der Waals surface area contributed by atoms with Crippen LogP contribution in [0.5, 0.6) is 5.75 Å². The van der Waals surface area contributed by atoms with Crippen molar-refractivity contribution in [1.29, 1.82) is 0 Å². The zero-order valence-electron chi connectivity index (χ0n) is 21.6. The van der Waals surface area contributed by atoms with E-state index in [1.807, 2.05) is 0 Å². The first kappa shape index (κ1) is 27.0. The molecular weight excluding hydrogens is 508 g/mol. The molecule has 1 saturated carbocycles. The number of likely N-dealkylation sites (N-methyl/N-ethyl adjacent to an activating group) is 1. The van der Waals surface area contributed by atoms with Gasteiger partial charge >= 0.3 is 0 Å². The quantitative estimate of drug-likeness (QED) is 0.290. The van der Waals surface area contributed by atoms with Crippen molar-refractivity contribution in [3.8, 4) is 5.75 Å². The van der Waals surface area contributed by atoms with Gasteiger partial charge in [-0.15, -0.1) is 0 Å². The maximum Gasteiger partial charge on any atom is 0.255 e. The summed E-state index contributed by atoms with van der Waals surface area (Å²) >= 11 is 0. The summed E-state index contributed by atoms with van der Waals surface area (Å²) in [6.07, 6.45) is 1.39. The molecule has 6 atom stereocenters. The number of fused-ring (bicyclic) bond motifs is 3. The molecular formula is C28H32N2O9. The van der Waals surface area contributed by atoms with Crippen LogP contribution in [0.25, 0.3) is 0 Å². The Labute approximate surface area is 224 Å². The highest BCUT2D eigenvalue weighted by molar-refractivity contribution is 6.25. The number of carbonyl (C=O) groups excluding carboxylic acids is 4. The summed E-state index contributed by atoms with van der Waals surface area (Å²) < 4.78 is 0. The van der Waals surface area contributed by atoms with E-state index in [-0.39, 0.29) is 23.7 Å². The third-order valence-electron chi connectivity index (χ3n) is 9.03. The van der Waals surface area contributed by atoms with Gasteiger partial charge in [-0.05, 0) is 38.6 Å². The summed E-state index contributed by atoms with van der Waals surface area (Å²) in [7, 11) is 2.94. The fraction of sp³-hybridized carbons (Fsp3) is 0.500. The van der Waals surface area contributed by atoms with Crippen molar-refractivity contribution in [2.45, 2.75) is 55.8 Å². The highest BCUT2D eigenvalue weighted by atomic mass is 16.4. The molecule has 1 fully saturated rings. The predicted octanol–water partition coefficient (Wildman–Crippen LogP) is 0.782. The molecule has 0 aromatic heterocycles. The third kappa shape index (κ3) is 3.67. The Balaban J connectivity index is 1.76. The summed E-state index contributed by atoms with van der Waals surface area (Å²) in [5, 5.41) is 56.7. The van der Waals surface area contributed by atoms with Gasteiger partial charge in [-0.1, -0.05) is 25.0 Å². The number of amides is 1. The zero-order valence-corrected chi connectivity index (χ0v) is 21.6. The normalized spacial score (nSPS) is 32.8. The monoisotopic (exact) mass is 540 g/mol. The SMILES string of the molecule is CN(C)C1C(O)=C(C(N)=O)C(=O)C2(O)C(O)=C3C(=O)c4c(O)cccc4C(CC(=O)C4CCCC4)C3C(O)C12. The van der Waals surface area contributed by atoms with Crippen LogP contribution in [-0.2, 0) is 14.4 Å². The van der Waals surface area contributed by atoms with Crippen LogP contribution in [0.3, 0.4) is 0 Å². The summed E-state index contributed by atoms with van der Waals surface area (Å²) in [6.45, 7) is 0. The molecule has 11 heteroatoms. The molecule has 0 radical (unpaired) electrons. The van der Waals surface area contributed by atoms with E-state index in [4.69, 9.17) is 5.73 Å². The molecule has 6 unspecified atom stereocenters.